The molecule has 0 saturated carbocycles. The fourth-order valence-electron chi connectivity index (χ4n) is 2.85. The predicted molar refractivity (Wildman–Crippen MR) is 92.0 cm³/mol. The molecule has 0 aliphatic heterocycles. The number of rotatable bonds is 3. The van der Waals surface area contributed by atoms with Gasteiger partial charge in [-0.25, -0.2) is 0 Å². The molecule has 24 heavy (non-hydrogen) atoms. The first-order chi connectivity index (χ1) is 11.4. The number of halogens is 2. The maximum absolute atomic E-state index is 12.4. The zero-order valence-electron chi connectivity index (χ0n) is 13.0. The van der Waals surface area contributed by atoms with Gasteiger partial charge in [-0.2, -0.15) is 0 Å². The van der Waals surface area contributed by atoms with Crippen LogP contribution in [0.3, 0.4) is 0 Å². The van der Waals surface area contributed by atoms with Crippen molar-refractivity contribution in [3.8, 4) is 11.5 Å². The van der Waals surface area contributed by atoms with Crippen LogP contribution in [0.25, 0.3) is 0 Å². The molecule has 1 unspecified atom stereocenters. The highest BCUT2D eigenvalue weighted by molar-refractivity contribution is 6.51. The summed E-state index contributed by atoms with van der Waals surface area (Å²) in [6.45, 7) is 0. The van der Waals surface area contributed by atoms with Gasteiger partial charge in [-0.1, -0.05) is 47.5 Å². The number of aliphatic hydroxyl groups is 1. The number of allylic oxidation sites excluding steroid dienone is 1. The molecule has 1 aliphatic rings. The van der Waals surface area contributed by atoms with Crippen molar-refractivity contribution in [2.45, 2.75) is 5.60 Å². The molecule has 1 N–H and O–H groups in total. The molecule has 124 valence electrons. The van der Waals surface area contributed by atoms with E-state index in [9.17, 15) is 9.90 Å². The first kappa shape index (κ1) is 16.8. The molecule has 0 aromatic heterocycles. The molecule has 2 aromatic carbocycles. The van der Waals surface area contributed by atoms with Gasteiger partial charge in [0.15, 0.2) is 5.60 Å². The van der Waals surface area contributed by atoms with Gasteiger partial charge in [0, 0.05) is 16.7 Å². The third-order valence-corrected chi connectivity index (χ3v) is 4.99. The van der Waals surface area contributed by atoms with Crippen molar-refractivity contribution >= 4 is 29.0 Å². The topological polar surface area (TPSA) is 55.8 Å². The Bertz CT molecular complexity index is 860. The quantitative estimate of drug-likeness (QED) is 0.899. The lowest BCUT2D eigenvalue weighted by atomic mass is 9.78. The summed E-state index contributed by atoms with van der Waals surface area (Å²) < 4.78 is 10.6. The Morgan fingerprint density at radius 3 is 2.38 bits per heavy atom. The van der Waals surface area contributed by atoms with E-state index in [1.54, 1.807) is 42.5 Å². The summed E-state index contributed by atoms with van der Waals surface area (Å²) in [6, 6.07) is 11.6. The van der Waals surface area contributed by atoms with E-state index in [1.165, 1.54) is 14.2 Å². The highest BCUT2D eigenvalue weighted by atomic mass is 35.5. The minimum Gasteiger partial charge on any atom is -0.497 e. The fourth-order valence-corrected chi connectivity index (χ4v) is 3.38. The Labute approximate surface area is 149 Å². The maximum Gasteiger partial charge on any atom is 0.206 e. The van der Waals surface area contributed by atoms with Crippen LogP contribution in [0.5, 0.6) is 11.5 Å². The summed E-state index contributed by atoms with van der Waals surface area (Å²) >= 11 is 12.5. The van der Waals surface area contributed by atoms with Crippen molar-refractivity contribution in [3.63, 3.8) is 0 Å². The number of carbonyl (C=O) groups excluding carboxylic acids is 1. The molecule has 0 spiro atoms. The number of Topliss-reactive ketones (excluding diaryl/α,β-unsaturated/α-hetero) is 1. The average Bonchev–Trinajstić information content (AvgIpc) is 2.64. The molecule has 6 heteroatoms. The zero-order valence-corrected chi connectivity index (χ0v) is 14.5. The number of benzene rings is 2. The van der Waals surface area contributed by atoms with E-state index >= 15 is 0 Å². The van der Waals surface area contributed by atoms with E-state index in [1.807, 2.05) is 0 Å². The minimum absolute atomic E-state index is 0.167. The number of carbonyl (C=O) groups is 1. The van der Waals surface area contributed by atoms with Crippen molar-refractivity contribution < 1.29 is 19.4 Å². The van der Waals surface area contributed by atoms with Gasteiger partial charge < -0.3 is 14.6 Å². The third-order valence-electron chi connectivity index (χ3n) is 4.07. The molecule has 2 aromatic rings. The normalized spacial score (nSPS) is 20.0. The SMILES string of the molecule is COc1ccc(OC)c(C2(O)C(Cl)=C(Cl)C(=O)c3ccccc32)c1. The number of hydrogen-bond donors (Lipinski definition) is 1. The monoisotopic (exact) mass is 364 g/mol. The lowest BCUT2D eigenvalue weighted by Crippen LogP contribution is -2.35. The molecule has 0 fully saturated rings. The molecular weight excluding hydrogens is 351 g/mol. The predicted octanol–water partition coefficient (Wildman–Crippen LogP) is 3.83. The second kappa shape index (κ2) is 6.13. The van der Waals surface area contributed by atoms with Gasteiger partial charge >= 0.3 is 0 Å². The van der Waals surface area contributed by atoms with Crippen LogP contribution in [-0.2, 0) is 5.60 Å². The number of ketones is 1. The molecule has 1 atom stereocenters. The van der Waals surface area contributed by atoms with Gasteiger partial charge in [0.1, 0.15) is 16.5 Å². The van der Waals surface area contributed by atoms with Crippen molar-refractivity contribution in [2.75, 3.05) is 14.2 Å². The Morgan fingerprint density at radius 2 is 1.71 bits per heavy atom. The molecule has 1 aliphatic carbocycles. The van der Waals surface area contributed by atoms with Gasteiger partial charge in [-0.05, 0) is 18.2 Å². The number of methoxy groups -OCH3 is 2. The Kier molecular flexibility index (Phi) is 4.30. The lowest BCUT2D eigenvalue weighted by Gasteiger charge is -2.35. The van der Waals surface area contributed by atoms with Gasteiger partial charge in [0.25, 0.3) is 0 Å². The highest BCUT2D eigenvalue weighted by Crippen LogP contribution is 2.49. The van der Waals surface area contributed by atoms with E-state index in [0.717, 1.165) is 0 Å². The van der Waals surface area contributed by atoms with Crippen LogP contribution in [0.15, 0.2) is 52.5 Å². The molecule has 4 nitrogen and oxygen atoms in total. The summed E-state index contributed by atoms with van der Waals surface area (Å²) in [4.78, 5) is 12.4. The van der Waals surface area contributed by atoms with Gasteiger partial charge in [-0.15, -0.1) is 0 Å². The smallest absolute Gasteiger partial charge is 0.206 e. The standard InChI is InChI=1S/C18H14Cl2O4/c1-23-10-7-8-14(24-2)13(9-10)18(22)12-6-4-3-5-11(12)16(21)15(19)17(18)20/h3-9,22H,1-2H3. The second-order valence-electron chi connectivity index (χ2n) is 5.28. The Balaban J connectivity index is 2.38. The molecule has 0 radical (unpaired) electrons. The summed E-state index contributed by atoms with van der Waals surface area (Å²) in [5, 5.41) is 11.1. The largest absolute Gasteiger partial charge is 0.497 e. The van der Waals surface area contributed by atoms with Gasteiger partial charge in [0.2, 0.25) is 5.78 Å². The Morgan fingerprint density at radius 1 is 1.00 bits per heavy atom. The van der Waals surface area contributed by atoms with Crippen LogP contribution in [0.1, 0.15) is 21.5 Å². The van der Waals surface area contributed by atoms with Crippen LogP contribution in [0.4, 0.5) is 0 Å². The third kappa shape index (κ3) is 2.30. The van der Waals surface area contributed by atoms with E-state index in [2.05, 4.69) is 0 Å². The first-order valence-corrected chi connectivity index (χ1v) is 7.85. The van der Waals surface area contributed by atoms with Gasteiger partial charge in [-0.3, -0.25) is 4.79 Å². The summed E-state index contributed by atoms with van der Waals surface area (Å²) in [5.41, 5.74) is -0.842. The highest BCUT2D eigenvalue weighted by Gasteiger charge is 2.46. The number of hydrogen-bond acceptors (Lipinski definition) is 4. The summed E-state index contributed by atoms with van der Waals surface area (Å²) in [6.07, 6.45) is 0. The number of fused-ring (bicyclic) bond motifs is 1. The molecule has 0 amide bonds. The summed E-state index contributed by atoms with van der Waals surface area (Å²) in [5.74, 6) is 0.475. The maximum atomic E-state index is 12.4. The lowest BCUT2D eigenvalue weighted by molar-refractivity contribution is 0.0964. The van der Waals surface area contributed by atoms with Crippen LogP contribution in [0.2, 0.25) is 0 Å². The van der Waals surface area contributed by atoms with Crippen molar-refractivity contribution in [2.24, 2.45) is 0 Å². The molecule has 0 bridgehead atoms. The minimum atomic E-state index is -1.82. The molecule has 0 saturated heterocycles. The van der Waals surface area contributed by atoms with E-state index in [4.69, 9.17) is 32.7 Å². The first-order valence-electron chi connectivity index (χ1n) is 7.10. The van der Waals surface area contributed by atoms with E-state index in [-0.39, 0.29) is 10.1 Å². The zero-order chi connectivity index (χ0) is 17.5. The van der Waals surface area contributed by atoms with Crippen LogP contribution >= 0.6 is 23.2 Å². The van der Waals surface area contributed by atoms with Crippen LogP contribution in [-0.4, -0.2) is 25.1 Å². The van der Waals surface area contributed by atoms with E-state index in [0.29, 0.717) is 28.2 Å². The van der Waals surface area contributed by atoms with Crippen molar-refractivity contribution in [1.82, 2.24) is 0 Å². The van der Waals surface area contributed by atoms with E-state index < -0.39 is 11.4 Å². The average molecular weight is 365 g/mol. The second-order valence-corrected chi connectivity index (χ2v) is 6.04. The fraction of sp³-hybridized carbons (Fsp3) is 0.167. The summed E-state index contributed by atoms with van der Waals surface area (Å²) in [7, 11) is 2.99. The van der Waals surface area contributed by atoms with Crippen LogP contribution in [0, 0.1) is 0 Å². The number of ether oxygens (including phenoxy) is 2. The van der Waals surface area contributed by atoms with Gasteiger partial charge in [0.05, 0.1) is 19.3 Å². The van der Waals surface area contributed by atoms with Crippen molar-refractivity contribution in [3.05, 3.63) is 69.2 Å². The van der Waals surface area contributed by atoms with Crippen molar-refractivity contribution in [1.29, 1.82) is 0 Å². The molecular formula is C18H14Cl2O4. The molecule has 3 rings (SSSR count). The van der Waals surface area contributed by atoms with Crippen LogP contribution < -0.4 is 9.47 Å². The Hall–Kier alpha value is -2.01. The molecule has 0 heterocycles.